The molecule has 0 aromatic heterocycles. The molecule has 0 radical (unpaired) electrons. The van der Waals surface area contributed by atoms with Crippen molar-refractivity contribution in [2.45, 2.75) is 6.42 Å². The van der Waals surface area contributed by atoms with E-state index in [1.165, 1.54) is 11.4 Å². The maximum absolute atomic E-state index is 11.9. The van der Waals surface area contributed by atoms with Gasteiger partial charge in [-0.2, -0.15) is 12.7 Å². The number of halogens is 1. The van der Waals surface area contributed by atoms with Crippen LogP contribution in [0.2, 0.25) is 0 Å². The van der Waals surface area contributed by atoms with Crippen molar-refractivity contribution in [3.63, 3.8) is 0 Å². The van der Waals surface area contributed by atoms with Gasteiger partial charge >= 0.3 is 10.2 Å². The zero-order chi connectivity index (χ0) is 12.9. The lowest BCUT2D eigenvalue weighted by atomic mass is 10.3. The second-order valence-corrected chi connectivity index (χ2v) is 6.18. The molecular weight excluding hydrogens is 306 g/mol. The molecule has 3 N–H and O–H groups in total. The predicted molar refractivity (Wildman–Crippen MR) is 73.0 cm³/mol. The average Bonchev–Trinajstić information content (AvgIpc) is 2.28. The average molecular weight is 322 g/mol. The molecule has 0 saturated heterocycles. The maximum Gasteiger partial charge on any atom is 0.301 e. The first-order chi connectivity index (χ1) is 7.97. The van der Waals surface area contributed by atoms with Gasteiger partial charge in [-0.15, -0.1) is 0 Å². The molecule has 0 unspecified atom stereocenters. The van der Waals surface area contributed by atoms with Crippen LogP contribution in [0.15, 0.2) is 28.7 Å². The Hall–Kier alpha value is -0.630. The smallest absolute Gasteiger partial charge is 0.301 e. The SMILES string of the molecule is CN(CCCN)S(=O)(=O)Nc1ccccc1Br. The molecule has 1 aromatic rings. The van der Waals surface area contributed by atoms with Gasteiger partial charge < -0.3 is 5.73 Å². The van der Waals surface area contributed by atoms with Crippen LogP contribution in [-0.2, 0) is 10.2 Å². The quantitative estimate of drug-likeness (QED) is 0.831. The minimum atomic E-state index is -3.51. The van der Waals surface area contributed by atoms with Crippen molar-refractivity contribution >= 4 is 31.8 Å². The van der Waals surface area contributed by atoms with E-state index in [-0.39, 0.29) is 0 Å². The first-order valence-corrected chi connectivity index (χ1v) is 7.39. The van der Waals surface area contributed by atoms with E-state index in [9.17, 15) is 8.42 Å². The molecule has 0 saturated carbocycles. The third-order valence-electron chi connectivity index (χ3n) is 2.20. The van der Waals surface area contributed by atoms with Gasteiger partial charge in [-0.25, -0.2) is 0 Å². The Balaban J connectivity index is 2.76. The van der Waals surface area contributed by atoms with Crippen LogP contribution in [0.1, 0.15) is 6.42 Å². The highest BCUT2D eigenvalue weighted by Gasteiger charge is 2.17. The number of nitrogens with one attached hydrogen (secondary N) is 1. The van der Waals surface area contributed by atoms with Gasteiger partial charge in [0.15, 0.2) is 0 Å². The fraction of sp³-hybridized carbons (Fsp3) is 0.400. The lowest BCUT2D eigenvalue weighted by Gasteiger charge is -2.18. The van der Waals surface area contributed by atoms with E-state index in [1.54, 1.807) is 18.2 Å². The molecule has 17 heavy (non-hydrogen) atoms. The third-order valence-corrected chi connectivity index (χ3v) is 4.37. The maximum atomic E-state index is 11.9. The van der Waals surface area contributed by atoms with Crippen LogP contribution >= 0.6 is 15.9 Å². The Labute approximate surface area is 110 Å². The summed E-state index contributed by atoms with van der Waals surface area (Å²) in [5, 5.41) is 0. The van der Waals surface area contributed by atoms with Gasteiger partial charge in [0, 0.05) is 18.1 Å². The topological polar surface area (TPSA) is 75.4 Å². The number of benzene rings is 1. The second kappa shape index (κ2) is 6.34. The summed E-state index contributed by atoms with van der Waals surface area (Å²) >= 11 is 3.29. The fourth-order valence-corrected chi connectivity index (χ4v) is 2.69. The minimum absolute atomic E-state index is 0.399. The molecule has 0 aliphatic rings. The Morgan fingerprint density at radius 3 is 2.65 bits per heavy atom. The normalized spacial score (nSPS) is 11.8. The number of rotatable bonds is 6. The minimum Gasteiger partial charge on any atom is -0.330 e. The summed E-state index contributed by atoms with van der Waals surface area (Å²) in [7, 11) is -1.99. The molecule has 0 amide bonds. The van der Waals surface area contributed by atoms with Gasteiger partial charge in [0.2, 0.25) is 0 Å². The van der Waals surface area contributed by atoms with Crippen molar-refractivity contribution in [2.24, 2.45) is 5.73 Å². The summed E-state index contributed by atoms with van der Waals surface area (Å²) in [4.78, 5) is 0. The van der Waals surface area contributed by atoms with Gasteiger partial charge in [-0.1, -0.05) is 12.1 Å². The van der Waals surface area contributed by atoms with E-state index in [0.717, 1.165) is 0 Å². The van der Waals surface area contributed by atoms with E-state index in [0.29, 0.717) is 29.7 Å². The highest BCUT2D eigenvalue weighted by atomic mass is 79.9. The van der Waals surface area contributed by atoms with Crippen LogP contribution < -0.4 is 10.5 Å². The number of hydrogen-bond acceptors (Lipinski definition) is 3. The number of para-hydroxylation sites is 1. The lowest BCUT2D eigenvalue weighted by molar-refractivity contribution is 0.468. The molecular formula is C10H16BrN3O2S. The highest BCUT2D eigenvalue weighted by molar-refractivity contribution is 9.10. The molecule has 0 fully saturated rings. The van der Waals surface area contributed by atoms with Gasteiger partial charge in [0.25, 0.3) is 0 Å². The third kappa shape index (κ3) is 4.27. The Bertz CT molecular complexity index is 464. The number of nitrogens with two attached hydrogens (primary N) is 1. The molecule has 1 aromatic carbocycles. The van der Waals surface area contributed by atoms with Crippen molar-refractivity contribution in [1.82, 2.24) is 4.31 Å². The van der Waals surface area contributed by atoms with Crippen LogP contribution in [0, 0.1) is 0 Å². The van der Waals surface area contributed by atoms with Gasteiger partial charge in [0.1, 0.15) is 0 Å². The summed E-state index contributed by atoms with van der Waals surface area (Å²) in [6.07, 6.45) is 0.632. The van der Waals surface area contributed by atoms with Gasteiger partial charge in [0.05, 0.1) is 5.69 Å². The molecule has 1 rings (SSSR count). The second-order valence-electron chi connectivity index (χ2n) is 3.55. The van der Waals surface area contributed by atoms with E-state index in [1.807, 2.05) is 6.07 Å². The number of hydrogen-bond donors (Lipinski definition) is 2. The van der Waals surface area contributed by atoms with Gasteiger partial charge in [-0.05, 0) is 41.0 Å². The van der Waals surface area contributed by atoms with Crippen LogP contribution in [0.25, 0.3) is 0 Å². The Morgan fingerprint density at radius 1 is 1.41 bits per heavy atom. The Morgan fingerprint density at radius 2 is 2.06 bits per heavy atom. The molecule has 0 spiro atoms. The van der Waals surface area contributed by atoms with Crippen LogP contribution in [0.5, 0.6) is 0 Å². The van der Waals surface area contributed by atoms with Crippen LogP contribution in [-0.4, -0.2) is 32.9 Å². The van der Waals surface area contributed by atoms with Crippen molar-refractivity contribution in [2.75, 3.05) is 24.9 Å². The number of nitrogens with zero attached hydrogens (tertiary/aromatic N) is 1. The molecule has 96 valence electrons. The highest BCUT2D eigenvalue weighted by Crippen LogP contribution is 2.22. The Kier molecular flexibility index (Phi) is 5.38. The van der Waals surface area contributed by atoms with Crippen molar-refractivity contribution in [3.05, 3.63) is 28.7 Å². The zero-order valence-electron chi connectivity index (χ0n) is 9.56. The lowest BCUT2D eigenvalue weighted by Crippen LogP contribution is -2.34. The van der Waals surface area contributed by atoms with Gasteiger partial charge in [-0.3, -0.25) is 4.72 Å². The number of anilines is 1. The van der Waals surface area contributed by atoms with E-state index in [4.69, 9.17) is 5.73 Å². The first-order valence-electron chi connectivity index (χ1n) is 5.16. The van der Waals surface area contributed by atoms with E-state index in [2.05, 4.69) is 20.7 Å². The first kappa shape index (κ1) is 14.4. The van der Waals surface area contributed by atoms with E-state index < -0.39 is 10.2 Å². The molecule has 0 aliphatic heterocycles. The molecule has 7 heteroatoms. The summed E-state index contributed by atoms with van der Waals surface area (Å²) < 4.78 is 28.3. The summed E-state index contributed by atoms with van der Waals surface area (Å²) in [5.74, 6) is 0. The molecule has 0 heterocycles. The van der Waals surface area contributed by atoms with E-state index >= 15 is 0 Å². The standard InChI is InChI=1S/C10H16BrN3O2S/c1-14(8-4-7-12)17(15,16)13-10-6-3-2-5-9(10)11/h2-3,5-6,13H,4,7-8,12H2,1H3. The largest absolute Gasteiger partial charge is 0.330 e. The predicted octanol–water partition coefficient (Wildman–Crippen LogP) is 1.39. The summed E-state index contributed by atoms with van der Waals surface area (Å²) in [5.41, 5.74) is 5.87. The zero-order valence-corrected chi connectivity index (χ0v) is 12.0. The molecule has 0 aliphatic carbocycles. The van der Waals surface area contributed by atoms with Crippen molar-refractivity contribution in [1.29, 1.82) is 0 Å². The van der Waals surface area contributed by atoms with Crippen LogP contribution in [0.4, 0.5) is 5.69 Å². The molecule has 0 atom stereocenters. The van der Waals surface area contributed by atoms with Crippen molar-refractivity contribution < 1.29 is 8.42 Å². The van der Waals surface area contributed by atoms with Crippen molar-refractivity contribution in [3.8, 4) is 0 Å². The monoisotopic (exact) mass is 321 g/mol. The fourth-order valence-electron chi connectivity index (χ4n) is 1.19. The summed E-state index contributed by atoms with van der Waals surface area (Å²) in [6, 6.07) is 7.05. The molecule has 5 nitrogen and oxygen atoms in total. The van der Waals surface area contributed by atoms with Crippen LogP contribution in [0.3, 0.4) is 0 Å². The molecule has 0 bridgehead atoms. The summed E-state index contributed by atoms with van der Waals surface area (Å²) in [6.45, 7) is 0.866.